The van der Waals surface area contributed by atoms with Crippen molar-refractivity contribution in [2.24, 2.45) is 23.7 Å². The Morgan fingerprint density at radius 2 is 1.59 bits per heavy atom. The quantitative estimate of drug-likeness (QED) is 0.722. The van der Waals surface area contributed by atoms with E-state index in [1.165, 1.54) is 32.1 Å². The number of hydrogen-bond acceptors (Lipinski definition) is 1. The summed E-state index contributed by atoms with van der Waals surface area (Å²) in [6.45, 7) is 0. The Balaban J connectivity index is 1.41. The molecule has 0 aliphatic heterocycles. The summed E-state index contributed by atoms with van der Waals surface area (Å²) in [5.74, 6) is 3.59. The molecule has 4 bridgehead atoms. The van der Waals surface area contributed by atoms with Gasteiger partial charge in [-0.25, -0.2) is 0 Å². The van der Waals surface area contributed by atoms with Gasteiger partial charge in [0.05, 0.1) is 10.0 Å². The van der Waals surface area contributed by atoms with Crippen LogP contribution in [0.4, 0.5) is 5.69 Å². The Hall–Kier alpha value is -0.510. The van der Waals surface area contributed by atoms with Gasteiger partial charge in [-0.05, 0) is 86.2 Å². The molecule has 4 aliphatic carbocycles. The molecule has 22 heavy (non-hydrogen) atoms. The lowest BCUT2D eigenvalue weighted by atomic mass is 9.54. The fourth-order valence-electron chi connectivity index (χ4n) is 5.05. The fraction of sp³-hybridized carbons (Fsp3) is 0.588. The van der Waals surface area contributed by atoms with E-state index in [0.29, 0.717) is 21.2 Å². The van der Waals surface area contributed by atoms with Gasteiger partial charge in [0.2, 0.25) is 0 Å². The van der Waals surface area contributed by atoms with Gasteiger partial charge in [0.25, 0.3) is 0 Å². The van der Waals surface area contributed by atoms with E-state index in [9.17, 15) is 0 Å². The lowest BCUT2D eigenvalue weighted by Gasteiger charge is -2.54. The highest BCUT2D eigenvalue weighted by atomic mass is 35.5. The van der Waals surface area contributed by atoms with Crippen LogP contribution in [0, 0.1) is 23.7 Å². The van der Waals surface area contributed by atoms with E-state index in [1.807, 2.05) is 12.1 Å². The predicted molar refractivity (Wildman–Crippen MR) is 96.7 cm³/mol. The third-order valence-electron chi connectivity index (χ3n) is 5.70. The maximum atomic E-state index is 6.05. The van der Waals surface area contributed by atoms with E-state index in [4.69, 9.17) is 35.4 Å². The van der Waals surface area contributed by atoms with Gasteiger partial charge in [0, 0.05) is 11.7 Å². The normalized spacial score (nSPS) is 35.5. The van der Waals surface area contributed by atoms with Gasteiger partial charge >= 0.3 is 0 Å². The van der Waals surface area contributed by atoms with Crippen LogP contribution in [0.5, 0.6) is 0 Å². The second kappa shape index (κ2) is 5.85. The lowest BCUT2D eigenvalue weighted by molar-refractivity contribution is -0.00665. The molecule has 5 heteroatoms. The smallest absolute Gasteiger partial charge is 0.171 e. The number of halogens is 2. The minimum Gasteiger partial charge on any atom is -0.359 e. The van der Waals surface area contributed by atoms with Gasteiger partial charge in [0.1, 0.15) is 0 Å². The van der Waals surface area contributed by atoms with Crippen molar-refractivity contribution in [2.75, 3.05) is 5.32 Å². The van der Waals surface area contributed by atoms with Gasteiger partial charge in [-0.2, -0.15) is 0 Å². The molecule has 5 rings (SSSR count). The molecule has 0 atom stereocenters. The van der Waals surface area contributed by atoms with Gasteiger partial charge in [-0.3, -0.25) is 0 Å². The summed E-state index contributed by atoms with van der Waals surface area (Å²) >= 11 is 17.5. The average Bonchev–Trinajstić information content (AvgIpc) is 2.46. The van der Waals surface area contributed by atoms with Crippen molar-refractivity contribution in [3.8, 4) is 0 Å². The Labute approximate surface area is 146 Å². The number of anilines is 1. The molecule has 4 saturated carbocycles. The van der Waals surface area contributed by atoms with Crippen molar-refractivity contribution >= 4 is 46.2 Å². The Morgan fingerprint density at radius 3 is 2.18 bits per heavy atom. The average molecular weight is 355 g/mol. The van der Waals surface area contributed by atoms with Crippen molar-refractivity contribution in [3.63, 3.8) is 0 Å². The van der Waals surface area contributed by atoms with Crippen molar-refractivity contribution in [1.29, 1.82) is 0 Å². The van der Waals surface area contributed by atoms with Crippen molar-refractivity contribution < 1.29 is 0 Å². The molecular weight excluding hydrogens is 335 g/mol. The molecule has 0 aromatic heterocycles. The highest BCUT2D eigenvalue weighted by molar-refractivity contribution is 7.80. The molecule has 2 nitrogen and oxygen atoms in total. The monoisotopic (exact) mass is 354 g/mol. The first-order valence-corrected chi connectivity index (χ1v) is 9.27. The SMILES string of the molecule is S=C(Nc1ccc(Cl)c(Cl)c1)NC1C2CC3CC(C2)CC1C3. The van der Waals surface area contributed by atoms with Crippen LogP contribution < -0.4 is 10.6 Å². The van der Waals surface area contributed by atoms with Crippen molar-refractivity contribution in [1.82, 2.24) is 5.32 Å². The predicted octanol–water partition coefficient (Wildman–Crippen LogP) is 5.10. The number of thiocarbonyl (C=S) groups is 1. The van der Waals surface area contributed by atoms with Crippen LogP contribution in [0.2, 0.25) is 10.0 Å². The second-order valence-electron chi connectivity index (χ2n) is 7.18. The van der Waals surface area contributed by atoms with E-state index < -0.39 is 0 Å². The molecule has 0 unspecified atom stereocenters. The molecule has 1 aromatic carbocycles. The summed E-state index contributed by atoms with van der Waals surface area (Å²) in [6.07, 6.45) is 7.03. The molecule has 118 valence electrons. The van der Waals surface area contributed by atoms with Gasteiger partial charge in [0.15, 0.2) is 5.11 Å². The molecule has 1 aromatic rings. The first kappa shape index (κ1) is 15.0. The van der Waals surface area contributed by atoms with E-state index in [2.05, 4.69) is 10.6 Å². The van der Waals surface area contributed by atoms with Crippen LogP contribution in [0.15, 0.2) is 18.2 Å². The van der Waals surface area contributed by atoms with Crippen LogP contribution in [0.25, 0.3) is 0 Å². The molecule has 4 fully saturated rings. The molecule has 4 aliphatic rings. The van der Waals surface area contributed by atoms with Crippen LogP contribution in [0.3, 0.4) is 0 Å². The molecule has 0 radical (unpaired) electrons. The summed E-state index contributed by atoms with van der Waals surface area (Å²) in [4.78, 5) is 0. The molecule has 0 saturated heterocycles. The maximum Gasteiger partial charge on any atom is 0.171 e. The van der Waals surface area contributed by atoms with Crippen LogP contribution in [-0.4, -0.2) is 11.2 Å². The van der Waals surface area contributed by atoms with Gasteiger partial charge in [-0.15, -0.1) is 0 Å². The Bertz CT molecular complexity index is 576. The lowest BCUT2D eigenvalue weighted by Crippen LogP contribution is -2.56. The summed E-state index contributed by atoms with van der Waals surface area (Å²) in [7, 11) is 0. The summed E-state index contributed by atoms with van der Waals surface area (Å²) in [5.41, 5.74) is 0.885. The van der Waals surface area contributed by atoms with Crippen molar-refractivity contribution in [2.45, 2.75) is 38.1 Å². The highest BCUT2D eigenvalue weighted by Gasteiger charge is 2.48. The van der Waals surface area contributed by atoms with Crippen LogP contribution in [-0.2, 0) is 0 Å². The third kappa shape index (κ3) is 2.83. The zero-order valence-electron chi connectivity index (χ0n) is 12.3. The minimum atomic E-state index is 0.545. The molecule has 2 N–H and O–H groups in total. The summed E-state index contributed by atoms with van der Waals surface area (Å²) in [6, 6.07) is 6.06. The largest absolute Gasteiger partial charge is 0.359 e. The van der Waals surface area contributed by atoms with Crippen molar-refractivity contribution in [3.05, 3.63) is 28.2 Å². The number of benzene rings is 1. The second-order valence-corrected chi connectivity index (χ2v) is 8.41. The number of rotatable bonds is 2. The summed E-state index contributed by atoms with van der Waals surface area (Å²) < 4.78 is 0. The zero-order chi connectivity index (χ0) is 15.3. The van der Waals surface area contributed by atoms with E-state index in [-0.39, 0.29) is 0 Å². The standard InChI is InChI=1S/C17H20Cl2N2S/c18-14-2-1-13(8-15(14)19)20-17(22)21-16-11-4-9-3-10(6-11)7-12(16)5-9/h1-2,8-12,16H,3-7H2,(H2,20,21,22). The highest BCUT2D eigenvalue weighted by Crippen LogP contribution is 2.53. The van der Waals surface area contributed by atoms with E-state index >= 15 is 0 Å². The van der Waals surface area contributed by atoms with Gasteiger partial charge < -0.3 is 10.6 Å². The molecule has 0 amide bonds. The third-order valence-corrected chi connectivity index (χ3v) is 6.66. The molecule has 0 heterocycles. The van der Waals surface area contributed by atoms with E-state index in [0.717, 1.165) is 29.4 Å². The van der Waals surface area contributed by atoms with Crippen LogP contribution in [0.1, 0.15) is 32.1 Å². The first-order valence-electron chi connectivity index (χ1n) is 8.11. The Kier molecular flexibility index (Phi) is 4.00. The summed E-state index contributed by atoms with van der Waals surface area (Å²) in [5, 5.41) is 8.65. The van der Waals surface area contributed by atoms with Gasteiger partial charge in [-0.1, -0.05) is 23.2 Å². The zero-order valence-corrected chi connectivity index (χ0v) is 14.6. The number of nitrogens with one attached hydrogen (secondary N) is 2. The maximum absolute atomic E-state index is 6.05. The van der Waals surface area contributed by atoms with E-state index in [1.54, 1.807) is 6.07 Å². The molecular formula is C17H20Cl2N2S. The fourth-order valence-corrected chi connectivity index (χ4v) is 5.61. The topological polar surface area (TPSA) is 24.1 Å². The first-order chi connectivity index (χ1) is 10.6. The Morgan fingerprint density at radius 1 is 0.955 bits per heavy atom. The molecule has 0 spiro atoms. The minimum absolute atomic E-state index is 0.545. The van der Waals surface area contributed by atoms with Crippen LogP contribution >= 0.6 is 35.4 Å². The number of hydrogen-bond donors (Lipinski definition) is 2.